The number of pyridine rings is 1. The fourth-order valence-electron chi connectivity index (χ4n) is 4.62. The Labute approximate surface area is 235 Å². The van der Waals surface area contributed by atoms with Crippen LogP contribution in [0.15, 0.2) is 118 Å². The third-order valence-corrected chi connectivity index (χ3v) is 7.36. The molecule has 3 aromatic carbocycles. The van der Waals surface area contributed by atoms with Crippen molar-refractivity contribution in [2.24, 2.45) is 0 Å². The molecule has 0 aliphatic carbocycles. The minimum atomic E-state index is -0.231. The lowest BCUT2D eigenvalue weighted by atomic mass is 10.0. The number of nitrogens with zero attached hydrogens (tertiary/aromatic N) is 2. The van der Waals surface area contributed by atoms with Crippen molar-refractivity contribution < 1.29 is 9.15 Å². The maximum atomic E-state index is 6.45. The van der Waals surface area contributed by atoms with Gasteiger partial charge >= 0.3 is 0 Å². The van der Waals surface area contributed by atoms with E-state index in [1.54, 1.807) is 6.20 Å². The minimum absolute atomic E-state index is 0.184. The number of hydrogen-bond acceptors (Lipinski definition) is 4. The molecule has 5 aromatic rings. The highest BCUT2D eigenvalue weighted by molar-refractivity contribution is 9.10. The molecule has 7 heteroatoms. The smallest absolute Gasteiger partial charge is 0.174 e. The van der Waals surface area contributed by atoms with Gasteiger partial charge in [0.05, 0.1) is 11.7 Å². The van der Waals surface area contributed by atoms with Crippen molar-refractivity contribution >= 4 is 38.9 Å². The number of anilines is 1. The highest BCUT2D eigenvalue weighted by Crippen LogP contribution is 2.43. The second-order valence-corrected chi connectivity index (χ2v) is 10.4. The quantitative estimate of drug-likeness (QED) is 0.203. The van der Waals surface area contributed by atoms with Gasteiger partial charge in [0.2, 0.25) is 0 Å². The summed E-state index contributed by atoms with van der Waals surface area (Å²) in [6.45, 7) is 2.06. The van der Waals surface area contributed by atoms with Crippen LogP contribution in [-0.4, -0.2) is 10.1 Å². The van der Waals surface area contributed by atoms with E-state index < -0.39 is 0 Å². The van der Waals surface area contributed by atoms with Gasteiger partial charge in [-0.25, -0.2) is 0 Å². The van der Waals surface area contributed by atoms with Gasteiger partial charge in [-0.1, -0.05) is 51.8 Å². The zero-order chi connectivity index (χ0) is 26.1. The van der Waals surface area contributed by atoms with Gasteiger partial charge in [0.25, 0.3) is 0 Å². The van der Waals surface area contributed by atoms with Crippen LogP contribution in [-0.2, 0) is 0 Å². The maximum absolute atomic E-state index is 6.45. The summed E-state index contributed by atoms with van der Waals surface area (Å²) in [5, 5.41) is 4.09. The lowest BCUT2D eigenvalue weighted by Crippen LogP contribution is -2.29. The molecule has 1 aliphatic rings. The van der Waals surface area contributed by atoms with Crippen LogP contribution in [0.3, 0.4) is 0 Å². The molecule has 2 atom stereocenters. The summed E-state index contributed by atoms with van der Waals surface area (Å²) in [7, 11) is 0. The Hall–Kier alpha value is -3.94. The molecule has 1 N–H and O–H groups in total. The van der Waals surface area contributed by atoms with Crippen LogP contribution >= 0.6 is 28.1 Å². The minimum Gasteiger partial charge on any atom is -0.459 e. The maximum Gasteiger partial charge on any atom is 0.174 e. The number of furan rings is 1. The Morgan fingerprint density at radius 1 is 0.868 bits per heavy atom. The van der Waals surface area contributed by atoms with Crippen molar-refractivity contribution in [2.75, 3.05) is 4.90 Å². The number of thiocarbonyl (C=S) groups is 1. The van der Waals surface area contributed by atoms with E-state index in [1.807, 2.05) is 103 Å². The fraction of sp³-hybridized carbons (Fsp3) is 0.0968. The van der Waals surface area contributed by atoms with E-state index in [0.29, 0.717) is 5.11 Å². The lowest BCUT2D eigenvalue weighted by molar-refractivity contribution is 0.439. The molecular formula is C31H24BrN3O2S. The first kappa shape index (κ1) is 24.4. The molecule has 0 spiro atoms. The van der Waals surface area contributed by atoms with E-state index in [0.717, 1.165) is 44.4 Å². The van der Waals surface area contributed by atoms with Crippen LogP contribution in [0.1, 0.15) is 29.1 Å². The van der Waals surface area contributed by atoms with Gasteiger partial charge in [0.1, 0.15) is 29.1 Å². The Morgan fingerprint density at radius 3 is 2.26 bits per heavy atom. The van der Waals surface area contributed by atoms with E-state index in [1.165, 1.54) is 5.56 Å². The number of benzene rings is 3. The Balaban J connectivity index is 1.34. The molecule has 0 unspecified atom stereocenters. The molecule has 0 saturated carbocycles. The highest BCUT2D eigenvalue weighted by atomic mass is 79.9. The van der Waals surface area contributed by atoms with Crippen molar-refractivity contribution in [2.45, 2.75) is 19.0 Å². The predicted octanol–water partition coefficient (Wildman–Crippen LogP) is 8.38. The Kier molecular flexibility index (Phi) is 6.70. The first-order chi connectivity index (χ1) is 18.5. The lowest BCUT2D eigenvalue weighted by Gasteiger charge is -2.26. The van der Waals surface area contributed by atoms with Gasteiger partial charge in [-0.05, 0) is 91.9 Å². The molecule has 1 aliphatic heterocycles. The second kappa shape index (κ2) is 10.4. The summed E-state index contributed by atoms with van der Waals surface area (Å²) in [4.78, 5) is 6.72. The van der Waals surface area contributed by atoms with Crippen molar-refractivity contribution in [3.8, 4) is 22.8 Å². The normalized spacial score (nSPS) is 16.9. The topological polar surface area (TPSA) is 50.5 Å². The number of ether oxygens (including phenoxy) is 1. The number of aromatic nitrogens is 1. The van der Waals surface area contributed by atoms with Gasteiger partial charge in [0, 0.05) is 21.9 Å². The molecule has 0 radical (unpaired) electrons. The monoisotopic (exact) mass is 581 g/mol. The molecule has 188 valence electrons. The summed E-state index contributed by atoms with van der Waals surface area (Å²) in [5.74, 6) is 3.15. The molecule has 1 fully saturated rings. The first-order valence-electron chi connectivity index (χ1n) is 12.3. The zero-order valence-electron chi connectivity index (χ0n) is 20.5. The first-order valence-corrected chi connectivity index (χ1v) is 13.5. The molecule has 6 rings (SSSR count). The molecule has 2 aromatic heterocycles. The van der Waals surface area contributed by atoms with Crippen LogP contribution in [0.25, 0.3) is 11.3 Å². The molecular weight excluding hydrogens is 558 g/mol. The van der Waals surface area contributed by atoms with E-state index in [9.17, 15) is 0 Å². The highest BCUT2D eigenvalue weighted by Gasteiger charge is 2.42. The van der Waals surface area contributed by atoms with Crippen LogP contribution in [0.2, 0.25) is 0 Å². The summed E-state index contributed by atoms with van der Waals surface area (Å²) in [5.41, 5.74) is 4.02. The Bertz CT molecular complexity index is 1550. The predicted molar refractivity (Wildman–Crippen MR) is 157 cm³/mol. The number of nitrogens with one attached hydrogen (secondary N) is 1. The fourth-order valence-corrected chi connectivity index (χ4v) is 5.23. The van der Waals surface area contributed by atoms with E-state index in [4.69, 9.17) is 21.4 Å². The standard InChI is InChI=1S/C31H24BrN3O2S/c1-20-5-13-24(14-6-20)36-25-15-11-23(12-16-25)35-30(29(34-31(35)38)26-4-2-3-19-33-26)28-18-17-27(37-28)21-7-9-22(32)10-8-21/h2-19,29-30H,1H3,(H,34,38)/t29-,30-/m1/s1. The van der Waals surface area contributed by atoms with Gasteiger partial charge in [-0.3, -0.25) is 4.98 Å². The Morgan fingerprint density at radius 2 is 1.58 bits per heavy atom. The molecule has 3 heterocycles. The molecule has 0 bridgehead atoms. The van der Waals surface area contributed by atoms with Gasteiger partial charge in [-0.2, -0.15) is 0 Å². The number of halogens is 1. The van der Waals surface area contributed by atoms with Crippen LogP contribution < -0.4 is 15.0 Å². The third-order valence-electron chi connectivity index (χ3n) is 6.52. The number of hydrogen-bond donors (Lipinski definition) is 1. The van der Waals surface area contributed by atoms with Crippen LogP contribution in [0.5, 0.6) is 11.5 Å². The average Bonchev–Trinajstić information content (AvgIpc) is 3.56. The summed E-state index contributed by atoms with van der Waals surface area (Å²) in [6, 6.07) is 33.6. The second-order valence-electron chi connectivity index (χ2n) is 9.11. The SMILES string of the molecule is Cc1ccc(Oc2ccc(N3C(=S)N[C@H](c4ccccn4)[C@H]3c3ccc(-c4ccc(Br)cc4)o3)cc2)cc1. The molecule has 5 nitrogen and oxygen atoms in total. The number of aryl methyl sites for hydroxylation is 1. The third kappa shape index (κ3) is 4.95. The molecule has 1 saturated heterocycles. The van der Waals surface area contributed by atoms with Crippen molar-refractivity contribution in [1.82, 2.24) is 10.3 Å². The van der Waals surface area contributed by atoms with E-state index >= 15 is 0 Å². The molecule has 38 heavy (non-hydrogen) atoms. The van der Waals surface area contributed by atoms with Gasteiger partial charge in [-0.15, -0.1) is 0 Å². The van der Waals surface area contributed by atoms with Crippen molar-refractivity contribution in [1.29, 1.82) is 0 Å². The van der Waals surface area contributed by atoms with E-state index in [-0.39, 0.29) is 12.1 Å². The zero-order valence-corrected chi connectivity index (χ0v) is 22.9. The summed E-state index contributed by atoms with van der Waals surface area (Å²) in [6.07, 6.45) is 1.80. The van der Waals surface area contributed by atoms with Gasteiger partial charge in [0.15, 0.2) is 5.11 Å². The van der Waals surface area contributed by atoms with Crippen LogP contribution in [0, 0.1) is 6.92 Å². The van der Waals surface area contributed by atoms with E-state index in [2.05, 4.69) is 38.1 Å². The van der Waals surface area contributed by atoms with Crippen LogP contribution in [0.4, 0.5) is 5.69 Å². The number of rotatable bonds is 6. The van der Waals surface area contributed by atoms with Crippen molar-refractivity contribution in [3.63, 3.8) is 0 Å². The molecule has 0 amide bonds. The van der Waals surface area contributed by atoms with Crippen molar-refractivity contribution in [3.05, 3.63) is 131 Å². The average molecular weight is 583 g/mol. The largest absolute Gasteiger partial charge is 0.459 e. The summed E-state index contributed by atoms with van der Waals surface area (Å²) < 4.78 is 13.5. The summed E-state index contributed by atoms with van der Waals surface area (Å²) >= 11 is 9.35. The van der Waals surface area contributed by atoms with Gasteiger partial charge < -0.3 is 19.4 Å².